The predicted octanol–water partition coefficient (Wildman–Crippen LogP) is 2.64. The first-order valence-electron chi connectivity index (χ1n) is 6.17. The number of carbonyl (C=O) groups excluding carboxylic acids is 1. The third-order valence-electron chi connectivity index (χ3n) is 2.75. The molecule has 20 heavy (non-hydrogen) atoms. The van der Waals surface area contributed by atoms with Crippen LogP contribution in [0.1, 0.15) is 31.0 Å². The van der Waals surface area contributed by atoms with Crippen LogP contribution in [0.4, 0.5) is 13.2 Å². The van der Waals surface area contributed by atoms with Gasteiger partial charge in [-0.25, -0.2) is 0 Å². The van der Waals surface area contributed by atoms with Gasteiger partial charge in [-0.2, -0.15) is 13.2 Å². The molecule has 1 aromatic rings. The molecule has 0 radical (unpaired) electrons. The highest BCUT2D eigenvalue weighted by molar-refractivity contribution is 5.77. The molecule has 0 atom stereocenters. The van der Waals surface area contributed by atoms with Crippen LogP contribution in [0.3, 0.4) is 0 Å². The lowest BCUT2D eigenvalue weighted by Gasteiger charge is -2.16. The summed E-state index contributed by atoms with van der Waals surface area (Å²) >= 11 is 0. The number of alkyl halides is 3. The number of halogens is 3. The summed E-state index contributed by atoms with van der Waals surface area (Å²) < 4.78 is 46.9. The van der Waals surface area contributed by atoms with Crippen LogP contribution in [0.25, 0.3) is 0 Å². The van der Waals surface area contributed by atoms with E-state index < -0.39 is 11.9 Å². The van der Waals surface area contributed by atoms with Crippen molar-refractivity contribution in [3.05, 3.63) is 11.3 Å². The van der Waals surface area contributed by atoms with Gasteiger partial charge in [-0.15, -0.1) is 0 Å². The van der Waals surface area contributed by atoms with E-state index >= 15 is 0 Å². The van der Waals surface area contributed by atoms with E-state index in [4.69, 9.17) is 4.74 Å². The molecule has 0 unspecified atom stereocenters. The second-order valence-corrected chi connectivity index (χ2v) is 4.40. The first-order valence-corrected chi connectivity index (χ1v) is 6.17. The van der Waals surface area contributed by atoms with Gasteiger partial charge in [0.15, 0.2) is 12.3 Å². The molecule has 0 aliphatic heterocycles. The van der Waals surface area contributed by atoms with Gasteiger partial charge in [0.2, 0.25) is 0 Å². The van der Waals surface area contributed by atoms with Crippen molar-refractivity contribution < 1.29 is 27.2 Å². The van der Waals surface area contributed by atoms with Gasteiger partial charge in [-0.05, 0) is 13.3 Å². The van der Waals surface area contributed by atoms with Crippen molar-refractivity contribution in [2.45, 2.75) is 32.9 Å². The quantitative estimate of drug-likeness (QED) is 0.809. The number of hydrogen-bond donors (Lipinski definition) is 0. The minimum Gasteiger partial charge on any atom is -0.453 e. The van der Waals surface area contributed by atoms with Crippen molar-refractivity contribution in [2.24, 2.45) is 0 Å². The number of carbonyl (C=O) groups is 1. The minimum absolute atomic E-state index is 0.262. The van der Waals surface area contributed by atoms with E-state index in [1.54, 1.807) is 7.05 Å². The summed E-state index contributed by atoms with van der Waals surface area (Å²) in [5, 5.41) is 2.91. The number of unbranched alkanes of at least 4 members (excludes halogenated alkanes) is 1. The van der Waals surface area contributed by atoms with E-state index in [1.807, 2.05) is 6.92 Å². The van der Waals surface area contributed by atoms with Gasteiger partial charge in [-0.1, -0.05) is 18.5 Å². The van der Waals surface area contributed by atoms with Gasteiger partial charge in [0.25, 0.3) is 5.91 Å². The lowest BCUT2D eigenvalue weighted by molar-refractivity contribution is -0.143. The Morgan fingerprint density at radius 3 is 2.60 bits per heavy atom. The lowest BCUT2D eigenvalue weighted by atomic mass is 10.2. The van der Waals surface area contributed by atoms with Crippen molar-refractivity contribution in [1.29, 1.82) is 0 Å². The fourth-order valence-electron chi connectivity index (χ4n) is 1.48. The number of ether oxygens (including phenoxy) is 1. The minimum atomic E-state index is -4.60. The van der Waals surface area contributed by atoms with Crippen LogP contribution >= 0.6 is 0 Å². The van der Waals surface area contributed by atoms with Crippen LogP contribution in [-0.2, 0) is 11.0 Å². The van der Waals surface area contributed by atoms with E-state index in [0.29, 0.717) is 6.54 Å². The Hall–Kier alpha value is -1.73. The van der Waals surface area contributed by atoms with Crippen molar-refractivity contribution in [3.8, 4) is 5.95 Å². The van der Waals surface area contributed by atoms with Crippen LogP contribution in [0.2, 0.25) is 0 Å². The molecular weight excluding hydrogens is 277 g/mol. The number of aromatic nitrogens is 1. The fraction of sp³-hybridized carbons (Fsp3) is 0.667. The zero-order valence-corrected chi connectivity index (χ0v) is 11.6. The molecule has 0 aliphatic rings. The maximum absolute atomic E-state index is 12.5. The normalized spacial score (nSPS) is 11.5. The molecule has 0 aliphatic carbocycles. The lowest BCUT2D eigenvalue weighted by Crippen LogP contribution is -2.32. The molecule has 8 heteroatoms. The predicted molar refractivity (Wildman–Crippen MR) is 64.3 cm³/mol. The van der Waals surface area contributed by atoms with Crippen molar-refractivity contribution in [3.63, 3.8) is 0 Å². The van der Waals surface area contributed by atoms with Gasteiger partial charge in [0.05, 0.1) is 5.56 Å². The summed E-state index contributed by atoms with van der Waals surface area (Å²) in [5.41, 5.74) is -1.40. The highest BCUT2D eigenvalue weighted by Gasteiger charge is 2.38. The topological polar surface area (TPSA) is 55.6 Å². The Morgan fingerprint density at radius 2 is 2.10 bits per heavy atom. The number of nitrogens with zero attached hydrogens (tertiary/aromatic N) is 2. The van der Waals surface area contributed by atoms with Crippen molar-refractivity contribution >= 4 is 5.91 Å². The largest absolute Gasteiger partial charge is 0.453 e. The van der Waals surface area contributed by atoms with E-state index in [0.717, 1.165) is 12.8 Å². The molecule has 0 aromatic carbocycles. The Labute approximate surface area is 114 Å². The number of amides is 1. The molecule has 114 valence electrons. The van der Waals surface area contributed by atoms with Crippen LogP contribution < -0.4 is 4.74 Å². The van der Waals surface area contributed by atoms with Crippen LogP contribution in [0.15, 0.2) is 4.52 Å². The van der Waals surface area contributed by atoms with E-state index in [2.05, 4.69) is 9.68 Å². The summed E-state index contributed by atoms with van der Waals surface area (Å²) in [6, 6.07) is 0. The molecule has 5 nitrogen and oxygen atoms in total. The molecule has 0 saturated carbocycles. The van der Waals surface area contributed by atoms with Gasteiger partial charge in [0, 0.05) is 13.6 Å². The standard InChI is InChI=1S/C12H17F3N2O3/c1-4-5-6-17(3)9(18)7-19-11-8(2)10(16-20-11)12(13,14)15/h4-7H2,1-3H3. The fourth-order valence-corrected chi connectivity index (χ4v) is 1.48. The first-order chi connectivity index (χ1) is 9.27. The maximum atomic E-state index is 12.5. The highest BCUT2D eigenvalue weighted by atomic mass is 19.4. The Kier molecular flexibility index (Phi) is 5.41. The molecule has 1 heterocycles. The Bertz CT molecular complexity index is 457. The summed E-state index contributed by atoms with van der Waals surface area (Å²) in [6.07, 6.45) is -2.81. The Morgan fingerprint density at radius 1 is 1.45 bits per heavy atom. The number of hydrogen-bond acceptors (Lipinski definition) is 4. The van der Waals surface area contributed by atoms with E-state index in [1.165, 1.54) is 11.8 Å². The monoisotopic (exact) mass is 294 g/mol. The maximum Gasteiger partial charge on any atom is 0.437 e. The summed E-state index contributed by atoms with van der Waals surface area (Å²) in [4.78, 5) is 13.1. The molecular formula is C12H17F3N2O3. The van der Waals surface area contributed by atoms with E-state index in [-0.39, 0.29) is 24.0 Å². The molecule has 0 saturated heterocycles. The zero-order valence-electron chi connectivity index (χ0n) is 11.6. The van der Waals surface area contributed by atoms with Crippen molar-refractivity contribution in [2.75, 3.05) is 20.2 Å². The van der Waals surface area contributed by atoms with E-state index in [9.17, 15) is 18.0 Å². The molecule has 1 aromatic heterocycles. The van der Waals surface area contributed by atoms with Gasteiger partial charge in [-0.3, -0.25) is 4.79 Å². The average Bonchev–Trinajstić information content (AvgIpc) is 2.74. The van der Waals surface area contributed by atoms with Gasteiger partial charge >= 0.3 is 12.1 Å². The summed E-state index contributed by atoms with van der Waals surface area (Å²) in [7, 11) is 1.61. The molecule has 1 amide bonds. The molecule has 0 N–H and O–H groups in total. The highest BCUT2D eigenvalue weighted by Crippen LogP contribution is 2.34. The molecule has 1 rings (SSSR count). The summed E-state index contributed by atoms with van der Waals surface area (Å²) in [6.45, 7) is 3.36. The second-order valence-electron chi connectivity index (χ2n) is 4.40. The van der Waals surface area contributed by atoms with Gasteiger partial charge < -0.3 is 14.2 Å². The average molecular weight is 294 g/mol. The smallest absolute Gasteiger partial charge is 0.437 e. The second kappa shape index (κ2) is 6.62. The van der Waals surface area contributed by atoms with Crippen LogP contribution in [0.5, 0.6) is 5.95 Å². The van der Waals surface area contributed by atoms with Crippen LogP contribution in [-0.4, -0.2) is 36.2 Å². The number of likely N-dealkylation sites (N-methyl/N-ethyl adjacent to an activating group) is 1. The molecule has 0 spiro atoms. The van der Waals surface area contributed by atoms with Crippen LogP contribution in [0, 0.1) is 6.92 Å². The molecule has 0 fully saturated rings. The number of rotatable bonds is 6. The van der Waals surface area contributed by atoms with Gasteiger partial charge in [0.1, 0.15) is 0 Å². The third-order valence-corrected chi connectivity index (χ3v) is 2.75. The Balaban J connectivity index is 2.58. The van der Waals surface area contributed by atoms with Crippen molar-refractivity contribution in [1.82, 2.24) is 10.1 Å². The molecule has 0 bridgehead atoms. The zero-order chi connectivity index (χ0) is 15.3. The SMILES string of the molecule is CCCCN(C)C(=O)COc1onc(C(F)(F)F)c1C. The third kappa shape index (κ3) is 4.14. The summed E-state index contributed by atoms with van der Waals surface area (Å²) in [5.74, 6) is -0.711. The first kappa shape index (κ1) is 16.3.